The van der Waals surface area contributed by atoms with Crippen molar-refractivity contribution in [3.8, 4) is 0 Å². The molecule has 0 spiro atoms. The molecule has 5 heteroatoms. The molecular weight excluding hydrogens is 218 g/mol. The van der Waals surface area contributed by atoms with Crippen LogP contribution in [0.2, 0.25) is 12.1 Å². The van der Waals surface area contributed by atoms with E-state index in [1.165, 1.54) is 0 Å². The lowest BCUT2D eigenvalue weighted by Crippen LogP contribution is -2.15. The Labute approximate surface area is 74.8 Å². The Kier molecular flexibility index (Phi) is 2.05. The van der Waals surface area contributed by atoms with Crippen molar-refractivity contribution in [1.29, 1.82) is 0 Å². The van der Waals surface area contributed by atoms with Gasteiger partial charge in [0.1, 0.15) is 4.33 Å². The zero-order valence-corrected chi connectivity index (χ0v) is 8.82. The number of hydrogen-bond acceptors (Lipinski definition) is 0. The molecule has 0 aromatic carbocycles. The van der Waals surface area contributed by atoms with Crippen molar-refractivity contribution in [2.75, 3.05) is 0 Å². The van der Waals surface area contributed by atoms with E-state index in [-0.39, 0.29) is 5.54 Å². The smallest absolute Gasteiger partial charge is 0.146 e. The van der Waals surface area contributed by atoms with E-state index >= 15 is 0 Å². The highest BCUT2D eigenvalue weighted by molar-refractivity contribution is 7.46. The van der Waals surface area contributed by atoms with E-state index in [4.69, 9.17) is 45.4 Å². The lowest BCUT2D eigenvalue weighted by molar-refractivity contribution is 1.33. The summed E-state index contributed by atoms with van der Waals surface area (Å²) in [5.41, 5.74) is 0.164. The molecule has 0 aromatic heterocycles. The van der Waals surface area contributed by atoms with Crippen molar-refractivity contribution < 1.29 is 0 Å². The van der Waals surface area contributed by atoms with Crippen LogP contribution in [0.25, 0.3) is 0 Å². The second kappa shape index (κ2) is 2.18. The second-order valence-electron chi connectivity index (χ2n) is 2.47. The topological polar surface area (TPSA) is 0 Å². The summed E-state index contributed by atoms with van der Waals surface area (Å²) in [6.45, 7) is -0.238. The SMILES string of the molecule is C[Si](Cl)(Cl)C1CC1(Cl)Cl. The summed E-state index contributed by atoms with van der Waals surface area (Å²) in [7, 11) is 0. The first-order valence-electron chi connectivity index (χ1n) is 2.60. The molecule has 1 aliphatic carbocycles. The van der Waals surface area contributed by atoms with Gasteiger partial charge in [0.15, 0.2) is 0 Å². The molecule has 1 atom stereocenters. The molecule has 1 rings (SSSR count). The van der Waals surface area contributed by atoms with Gasteiger partial charge in [0, 0.05) is 5.54 Å². The summed E-state index contributed by atoms with van der Waals surface area (Å²) in [6, 6.07) is 0. The molecule has 54 valence electrons. The second-order valence-corrected chi connectivity index (χ2v) is 11.9. The maximum absolute atomic E-state index is 5.85. The largest absolute Gasteiger partial charge is 0.254 e. The van der Waals surface area contributed by atoms with E-state index in [0.717, 1.165) is 6.42 Å². The molecule has 0 aromatic rings. The van der Waals surface area contributed by atoms with Crippen molar-refractivity contribution in [2.24, 2.45) is 0 Å². The zero-order chi connectivity index (χ0) is 7.28. The van der Waals surface area contributed by atoms with Crippen molar-refractivity contribution in [3.05, 3.63) is 0 Å². The number of hydrogen-bond donors (Lipinski definition) is 0. The van der Waals surface area contributed by atoms with Gasteiger partial charge in [-0.15, -0.1) is 45.4 Å². The monoisotopic (exact) mass is 222 g/mol. The molecule has 0 radical (unpaired) electrons. The van der Waals surface area contributed by atoms with E-state index in [0.29, 0.717) is 0 Å². The summed E-state index contributed by atoms with van der Waals surface area (Å²) < 4.78 is -0.607. The molecule has 0 aliphatic heterocycles. The van der Waals surface area contributed by atoms with Crippen molar-refractivity contribution in [3.63, 3.8) is 0 Å². The minimum Gasteiger partial charge on any atom is -0.146 e. The molecule has 0 heterocycles. The Morgan fingerprint density at radius 3 is 1.78 bits per heavy atom. The average Bonchev–Trinajstić information content (AvgIpc) is 2.10. The lowest BCUT2D eigenvalue weighted by atomic mass is 10.9. The van der Waals surface area contributed by atoms with Crippen LogP contribution in [0.15, 0.2) is 0 Å². The maximum Gasteiger partial charge on any atom is 0.254 e. The first-order valence-corrected chi connectivity index (χ1v) is 7.95. The standard InChI is InChI=1S/C4H6Cl4Si/c1-9(7,8)3-2-4(3,5)6/h3H,2H2,1H3. The Hall–Kier alpha value is 1.38. The molecule has 9 heavy (non-hydrogen) atoms. The van der Waals surface area contributed by atoms with E-state index in [1.807, 2.05) is 6.55 Å². The predicted octanol–water partition coefficient (Wildman–Crippen LogP) is 3.48. The Morgan fingerprint density at radius 1 is 1.44 bits per heavy atom. The number of alkyl halides is 2. The molecular formula is C4H6Cl4Si. The van der Waals surface area contributed by atoms with Gasteiger partial charge in [-0.2, -0.15) is 0 Å². The normalized spacial score (nSPS) is 32.3. The summed E-state index contributed by atoms with van der Waals surface area (Å²) in [6.07, 6.45) is 0.756. The van der Waals surface area contributed by atoms with Gasteiger partial charge in [0.25, 0.3) is 6.69 Å². The summed E-state index contributed by atoms with van der Waals surface area (Å²) >= 11 is 23.1. The Balaban J connectivity index is 2.52. The fourth-order valence-electron chi connectivity index (χ4n) is 0.763. The highest BCUT2D eigenvalue weighted by Crippen LogP contribution is 2.64. The molecule has 1 fully saturated rings. The molecule has 0 amide bonds. The zero-order valence-electron chi connectivity index (χ0n) is 4.80. The molecule has 0 nitrogen and oxygen atoms in total. The van der Waals surface area contributed by atoms with Crippen LogP contribution in [0.3, 0.4) is 0 Å². The van der Waals surface area contributed by atoms with Crippen LogP contribution in [0.5, 0.6) is 0 Å². The van der Waals surface area contributed by atoms with Gasteiger partial charge in [0.05, 0.1) is 0 Å². The third kappa shape index (κ3) is 1.90. The number of halogens is 4. The van der Waals surface area contributed by atoms with Gasteiger partial charge in [-0.05, 0) is 13.0 Å². The average molecular weight is 224 g/mol. The Bertz CT molecular complexity index is 127. The predicted molar refractivity (Wildman–Crippen MR) is 46.1 cm³/mol. The summed E-state index contributed by atoms with van der Waals surface area (Å²) in [5, 5.41) is 0. The van der Waals surface area contributed by atoms with Gasteiger partial charge in [-0.25, -0.2) is 0 Å². The van der Waals surface area contributed by atoms with Crippen molar-refractivity contribution >= 4 is 52.1 Å². The van der Waals surface area contributed by atoms with E-state index < -0.39 is 11.0 Å². The molecule has 0 bridgehead atoms. The summed E-state index contributed by atoms with van der Waals surface area (Å²) in [5.74, 6) is 0. The lowest BCUT2D eigenvalue weighted by Gasteiger charge is -2.08. The van der Waals surface area contributed by atoms with Crippen LogP contribution in [-0.4, -0.2) is 11.0 Å². The van der Waals surface area contributed by atoms with Crippen molar-refractivity contribution in [1.82, 2.24) is 0 Å². The molecule has 1 unspecified atom stereocenters. The quantitative estimate of drug-likeness (QED) is 0.363. The van der Waals surface area contributed by atoms with Gasteiger partial charge >= 0.3 is 0 Å². The molecule has 0 saturated heterocycles. The third-order valence-corrected chi connectivity index (χ3v) is 6.14. The fraction of sp³-hybridized carbons (Fsp3) is 1.00. The van der Waals surface area contributed by atoms with Gasteiger partial charge in [0.2, 0.25) is 0 Å². The van der Waals surface area contributed by atoms with Crippen LogP contribution in [0.1, 0.15) is 6.42 Å². The highest BCUT2D eigenvalue weighted by atomic mass is 35.7. The molecule has 0 N–H and O–H groups in total. The number of rotatable bonds is 1. The molecule has 1 saturated carbocycles. The first-order chi connectivity index (χ1) is 3.84. The Morgan fingerprint density at radius 2 is 1.78 bits per heavy atom. The van der Waals surface area contributed by atoms with Gasteiger partial charge < -0.3 is 0 Å². The van der Waals surface area contributed by atoms with Crippen molar-refractivity contribution in [2.45, 2.75) is 22.8 Å². The van der Waals surface area contributed by atoms with Crippen LogP contribution >= 0.6 is 45.4 Å². The van der Waals surface area contributed by atoms with Crippen LogP contribution in [-0.2, 0) is 0 Å². The van der Waals surface area contributed by atoms with Gasteiger partial charge in [-0.1, -0.05) is 0 Å². The van der Waals surface area contributed by atoms with E-state index in [2.05, 4.69) is 0 Å². The molecule has 1 aliphatic rings. The van der Waals surface area contributed by atoms with Crippen LogP contribution in [0, 0.1) is 0 Å². The van der Waals surface area contributed by atoms with Crippen LogP contribution < -0.4 is 0 Å². The third-order valence-electron chi connectivity index (χ3n) is 1.44. The van der Waals surface area contributed by atoms with E-state index in [9.17, 15) is 0 Å². The minimum absolute atomic E-state index is 0.164. The summed E-state index contributed by atoms with van der Waals surface area (Å²) in [4.78, 5) is 0. The highest BCUT2D eigenvalue weighted by Gasteiger charge is 2.61. The van der Waals surface area contributed by atoms with Gasteiger partial charge in [-0.3, -0.25) is 0 Å². The first kappa shape index (κ1) is 8.47. The van der Waals surface area contributed by atoms with Crippen LogP contribution in [0.4, 0.5) is 0 Å². The fourth-order valence-corrected chi connectivity index (χ4v) is 6.31. The maximum atomic E-state index is 5.85. The van der Waals surface area contributed by atoms with E-state index in [1.54, 1.807) is 0 Å². The minimum atomic E-state index is -2.08.